The number of fused-ring (bicyclic) bond motifs is 3. The fourth-order valence-electron chi connectivity index (χ4n) is 4.22. The van der Waals surface area contributed by atoms with Crippen LogP contribution in [0.25, 0.3) is 0 Å². The highest BCUT2D eigenvalue weighted by Crippen LogP contribution is 2.29. The van der Waals surface area contributed by atoms with Crippen molar-refractivity contribution in [2.45, 2.75) is 50.2 Å². The highest BCUT2D eigenvalue weighted by molar-refractivity contribution is 5.94. The smallest absolute Gasteiger partial charge is 0.475 e. The maximum Gasteiger partial charge on any atom is 0.490 e. The summed E-state index contributed by atoms with van der Waals surface area (Å²) in [6.45, 7) is 3.09. The molecule has 1 saturated carbocycles. The quantitative estimate of drug-likeness (QED) is 0.337. The first kappa shape index (κ1) is 33.1. The van der Waals surface area contributed by atoms with E-state index in [2.05, 4.69) is 25.4 Å². The van der Waals surface area contributed by atoms with Gasteiger partial charge in [-0.15, -0.1) is 10.2 Å². The van der Waals surface area contributed by atoms with Gasteiger partial charge >= 0.3 is 24.3 Å². The fourth-order valence-corrected chi connectivity index (χ4v) is 4.22. The molecule has 0 aromatic carbocycles. The number of carbonyl (C=O) groups is 4. The number of aliphatic carboxylic acids is 2. The van der Waals surface area contributed by atoms with Crippen molar-refractivity contribution in [3.05, 3.63) is 41.5 Å². The summed E-state index contributed by atoms with van der Waals surface area (Å²) in [5.74, 6) is -5.56. The molecule has 3 aliphatic rings. The van der Waals surface area contributed by atoms with Crippen LogP contribution in [0.2, 0.25) is 0 Å². The molecular weight excluding hydrogens is 603 g/mol. The van der Waals surface area contributed by atoms with Gasteiger partial charge in [0, 0.05) is 56.6 Å². The molecule has 2 aromatic rings. The molecule has 3 N–H and O–H groups in total. The minimum atomic E-state index is -5.08. The van der Waals surface area contributed by atoms with Gasteiger partial charge in [-0.3, -0.25) is 14.5 Å². The number of carbonyl (C=O) groups excluding carboxylic acids is 2. The number of hydrogen-bond donors (Lipinski definition) is 3. The first-order valence-electron chi connectivity index (χ1n) is 12.5. The molecule has 5 rings (SSSR count). The van der Waals surface area contributed by atoms with Crippen molar-refractivity contribution in [1.82, 2.24) is 34.9 Å². The van der Waals surface area contributed by atoms with Crippen molar-refractivity contribution in [2.24, 2.45) is 0 Å². The van der Waals surface area contributed by atoms with Gasteiger partial charge in [-0.25, -0.2) is 14.6 Å². The van der Waals surface area contributed by atoms with Crippen LogP contribution >= 0.6 is 0 Å². The monoisotopic (exact) mass is 627 g/mol. The highest BCUT2D eigenvalue weighted by atomic mass is 19.4. The van der Waals surface area contributed by atoms with E-state index in [1.165, 1.54) is 12.3 Å². The SMILES string of the molecule is O=C(NC1CCC1)c1nnc2n1CCN1CCN(C(=O)c3ccnc(F)c3)CC21.O=C(O)C(F)(F)F.O=C(O)C(F)(F)F. The highest BCUT2D eigenvalue weighted by Gasteiger charge is 2.40. The van der Waals surface area contributed by atoms with E-state index in [4.69, 9.17) is 19.8 Å². The molecule has 13 nitrogen and oxygen atoms in total. The van der Waals surface area contributed by atoms with Crippen LogP contribution in [0.1, 0.15) is 52.1 Å². The lowest BCUT2D eigenvalue weighted by Crippen LogP contribution is -2.54. The van der Waals surface area contributed by atoms with Crippen LogP contribution in [0.4, 0.5) is 30.7 Å². The summed E-state index contributed by atoms with van der Waals surface area (Å²) < 4.78 is 78.8. The van der Waals surface area contributed by atoms with Gasteiger partial charge in [0.2, 0.25) is 11.8 Å². The summed E-state index contributed by atoms with van der Waals surface area (Å²) in [6.07, 6.45) is -5.71. The molecule has 43 heavy (non-hydrogen) atoms. The van der Waals surface area contributed by atoms with E-state index in [1.54, 1.807) is 4.90 Å². The zero-order chi connectivity index (χ0) is 32.1. The third-order valence-corrected chi connectivity index (χ3v) is 6.57. The van der Waals surface area contributed by atoms with E-state index in [0.717, 1.165) is 31.9 Å². The summed E-state index contributed by atoms with van der Waals surface area (Å²) in [7, 11) is 0. The number of carboxylic acid groups (broad SMARTS) is 2. The van der Waals surface area contributed by atoms with Gasteiger partial charge in [0.05, 0.1) is 6.04 Å². The van der Waals surface area contributed by atoms with Crippen LogP contribution in [0.3, 0.4) is 0 Å². The fraction of sp³-hybridized carbons (Fsp3) is 0.522. The molecule has 0 radical (unpaired) electrons. The molecule has 2 fully saturated rings. The average molecular weight is 627 g/mol. The van der Waals surface area contributed by atoms with Crippen molar-refractivity contribution in [3.63, 3.8) is 0 Å². The minimum absolute atomic E-state index is 0.133. The molecule has 2 aliphatic heterocycles. The second kappa shape index (κ2) is 13.3. The summed E-state index contributed by atoms with van der Waals surface area (Å²) in [5, 5.41) is 25.7. The second-order valence-corrected chi connectivity index (χ2v) is 9.41. The Morgan fingerprint density at radius 1 is 0.907 bits per heavy atom. The number of aromatic nitrogens is 4. The van der Waals surface area contributed by atoms with Crippen molar-refractivity contribution in [1.29, 1.82) is 0 Å². The van der Waals surface area contributed by atoms with E-state index in [0.29, 0.717) is 37.8 Å². The molecular formula is C23H24F7N7O6. The van der Waals surface area contributed by atoms with Crippen LogP contribution in [0.15, 0.2) is 18.3 Å². The molecule has 1 aliphatic carbocycles. The van der Waals surface area contributed by atoms with Crippen LogP contribution < -0.4 is 5.32 Å². The Morgan fingerprint density at radius 3 is 2.00 bits per heavy atom. The third-order valence-electron chi connectivity index (χ3n) is 6.57. The van der Waals surface area contributed by atoms with Crippen molar-refractivity contribution in [2.75, 3.05) is 26.2 Å². The van der Waals surface area contributed by atoms with Gasteiger partial charge < -0.3 is 25.0 Å². The van der Waals surface area contributed by atoms with Gasteiger partial charge in [0.15, 0.2) is 5.82 Å². The predicted molar refractivity (Wildman–Crippen MR) is 127 cm³/mol. The summed E-state index contributed by atoms with van der Waals surface area (Å²) in [6, 6.07) is 2.77. The van der Waals surface area contributed by atoms with Crippen LogP contribution in [0.5, 0.6) is 0 Å². The van der Waals surface area contributed by atoms with E-state index in [-0.39, 0.29) is 29.5 Å². The molecule has 4 heterocycles. The molecule has 20 heteroatoms. The zero-order valence-corrected chi connectivity index (χ0v) is 21.9. The summed E-state index contributed by atoms with van der Waals surface area (Å²) >= 11 is 0. The normalized spacial score (nSPS) is 18.4. The third kappa shape index (κ3) is 8.58. The molecule has 2 aromatic heterocycles. The zero-order valence-electron chi connectivity index (χ0n) is 21.9. The molecule has 1 unspecified atom stereocenters. The van der Waals surface area contributed by atoms with Crippen LogP contribution in [-0.2, 0) is 16.1 Å². The number of rotatable bonds is 3. The van der Waals surface area contributed by atoms with Crippen LogP contribution in [0, 0.1) is 5.95 Å². The Morgan fingerprint density at radius 2 is 1.49 bits per heavy atom. The predicted octanol–water partition coefficient (Wildman–Crippen LogP) is 1.87. The maximum atomic E-state index is 13.4. The van der Waals surface area contributed by atoms with Crippen molar-refractivity contribution in [3.8, 4) is 0 Å². The molecule has 0 spiro atoms. The Balaban J connectivity index is 0.000000303. The van der Waals surface area contributed by atoms with Crippen molar-refractivity contribution >= 4 is 23.8 Å². The summed E-state index contributed by atoms with van der Waals surface area (Å²) in [4.78, 5) is 50.7. The Labute approximate surface area is 237 Å². The number of pyridine rings is 1. The van der Waals surface area contributed by atoms with Gasteiger partial charge in [-0.1, -0.05) is 0 Å². The average Bonchev–Trinajstić information content (AvgIpc) is 3.34. The summed E-state index contributed by atoms with van der Waals surface area (Å²) in [5.41, 5.74) is 0.281. The number of hydrogen-bond acceptors (Lipinski definition) is 8. The molecule has 1 atom stereocenters. The van der Waals surface area contributed by atoms with E-state index >= 15 is 0 Å². The Bertz CT molecular complexity index is 1320. The lowest BCUT2D eigenvalue weighted by molar-refractivity contribution is -0.193. The van der Waals surface area contributed by atoms with Gasteiger partial charge in [-0.2, -0.15) is 30.7 Å². The lowest BCUT2D eigenvalue weighted by Gasteiger charge is -2.43. The van der Waals surface area contributed by atoms with Gasteiger partial charge in [0.1, 0.15) is 0 Å². The standard InChI is InChI=1S/C19H22FN7O2.2C2HF3O2/c20-15-10-12(4-5-21-15)19(29)26-7-6-25-8-9-27-16(14(25)11-26)23-24-17(27)18(28)22-13-2-1-3-13;2*3-2(4,5)1(6)7/h4-5,10,13-14H,1-3,6-9,11H2,(H,22,28);2*(H,6,7). The molecule has 2 amide bonds. The Hall–Kier alpha value is -4.36. The minimum Gasteiger partial charge on any atom is -0.475 e. The maximum absolute atomic E-state index is 13.4. The van der Waals surface area contributed by atoms with E-state index in [1.807, 2.05) is 4.57 Å². The second-order valence-electron chi connectivity index (χ2n) is 9.41. The van der Waals surface area contributed by atoms with Crippen molar-refractivity contribution < 1.29 is 60.1 Å². The first-order chi connectivity index (χ1) is 20.0. The first-order valence-corrected chi connectivity index (χ1v) is 12.5. The number of nitrogens with zero attached hydrogens (tertiary/aromatic N) is 6. The van der Waals surface area contributed by atoms with E-state index < -0.39 is 30.2 Å². The number of piperazine rings is 1. The topological polar surface area (TPSA) is 171 Å². The molecule has 236 valence electrons. The number of nitrogens with one attached hydrogen (secondary N) is 1. The van der Waals surface area contributed by atoms with Gasteiger partial charge in [-0.05, 0) is 25.3 Å². The molecule has 0 bridgehead atoms. The largest absolute Gasteiger partial charge is 0.490 e. The number of amides is 2. The number of halogens is 7. The van der Waals surface area contributed by atoms with Gasteiger partial charge in [0.25, 0.3) is 11.8 Å². The number of alkyl halides is 6. The lowest BCUT2D eigenvalue weighted by atomic mass is 9.93. The Kier molecular flexibility index (Phi) is 10.3. The van der Waals surface area contributed by atoms with E-state index in [9.17, 15) is 40.3 Å². The van der Waals surface area contributed by atoms with Crippen LogP contribution in [-0.4, -0.2) is 108 Å². The molecule has 1 saturated heterocycles. The number of carboxylic acids is 2.